The molecule has 0 aromatic heterocycles. The van der Waals surface area contributed by atoms with Crippen molar-refractivity contribution in [2.75, 3.05) is 24.2 Å². The zero-order valence-electron chi connectivity index (χ0n) is 17.4. The number of anilines is 2. The lowest BCUT2D eigenvalue weighted by atomic mass is 10.2. The van der Waals surface area contributed by atoms with Crippen LogP contribution in [0, 0.1) is 12.7 Å². The van der Waals surface area contributed by atoms with Gasteiger partial charge in [0.05, 0.1) is 29.5 Å². The molecule has 0 aliphatic heterocycles. The summed E-state index contributed by atoms with van der Waals surface area (Å²) < 4.78 is 51.1. The first-order chi connectivity index (χ1) is 15.2. The van der Waals surface area contributed by atoms with Gasteiger partial charge in [0.1, 0.15) is 11.9 Å². The standard InChI is InChI=1S/C23H24BrFN2O4S/c1-16-7-9-19(10-8-16)32(28,29)31-18(15-30-14-17-5-3-2-4-6-17)13-27-23-12-21(25)22(26)11-20(23)24/h2-12,18,27H,13-15,26H2,1H3/t18-/m1/s1. The minimum absolute atomic E-state index is 0.00204. The Morgan fingerprint density at radius 1 is 1.09 bits per heavy atom. The quantitative estimate of drug-likeness (QED) is 0.291. The number of ether oxygens (including phenoxy) is 1. The Morgan fingerprint density at radius 2 is 1.78 bits per heavy atom. The van der Waals surface area contributed by atoms with E-state index in [9.17, 15) is 12.8 Å². The molecule has 0 aliphatic carbocycles. The molecule has 0 radical (unpaired) electrons. The number of hydrogen-bond donors (Lipinski definition) is 2. The van der Waals surface area contributed by atoms with E-state index in [4.69, 9.17) is 14.7 Å². The number of nitrogens with one attached hydrogen (secondary N) is 1. The molecular formula is C23H24BrFN2O4S. The first-order valence-corrected chi connectivity index (χ1v) is 12.0. The number of benzene rings is 3. The number of hydrogen-bond acceptors (Lipinski definition) is 6. The summed E-state index contributed by atoms with van der Waals surface area (Å²) in [6, 6.07) is 18.5. The minimum Gasteiger partial charge on any atom is -0.396 e. The molecule has 3 aromatic rings. The van der Waals surface area contributed by atoms with E-state index in [0.29, 0.717) is 16.8 Å². The molecule has 0 spiro atoms. The Kier molecular flexibility index (Phi) is 8.25. The first kappa shape index (κ1) is 24.2. The Morgan fingerprint density at radius 3 is 2.47 bits per heavy atom. The van der Waals surface area contributed by atoms with Crippen LogP contribution in [0.3, 0.4) is 0 Å². The van der Waals surface area contributed by atoms with Crippen molar-refractivity contribution in [1.29, 1.82) is 0 Å². The van der Waals surface area contributed by atoms with Crippen molar-refractivity contribution in [2.45, 2.75) is 24.5 Å². The van der Waals surface area contributed by atoms with E-state index in [1.165, 1.54) is 24.3 Å². The summed E-state index contributed by atoms with van der Waals surface area (Å²) in [7, 11) is -4.03. The van der Waals surface area contributed by atoms with Gasteiger partial charge in [0.15, 0.2) is 0 Å². The zero-order chi connectivity index (χ0) is 23.1. The van der Waals surface area contributed by atoms with Gasteiger partial charge in [-0.05, 0) is 46.6 Å². The van der Waals surface area contributed by atoms with Crippen molar-refractivity contribution in [3.63, 3.8) is 0 Å². The van der Waals surface area contributed by atoms with Gasteiger partial charge < -0.3 is 15.8 Å². The molecule has 0 saturated heterocycles. The van der Waals surface area contributed by atoms with Gasteiger partial charge in [0.25, 0.3) is 10.1 Å². The average Bonchev–Trinajstić information content (AvgIpc) is 2.76. The van der Waals surface area contributed by atoms with Crippen molar-refractivity contribution in [2.24, 2.45) is 0 Å². The maximum atomic E-state index is 13.9. The van der Waals surface area contributed by atoms with Gasteiger partial charge in [0.2, 0.25) is 0 Å². The van der Waals surface area contributed by atoms with Crippen LogP contribution in [0.2, 0.25) is 0 Å². The summed E-state index contributed by atoms with van der Waals surface area (Å²) >= 11 is 3.32. The third-order valence-corrected chi connectivity index (χ3v) is 6.63. The monoisotopic (exact) mass is 522 g/mol. The lowest BCUT2D eigenvalue weighted by molar-refractivity contribution is 0.0496. The molecule has 3 aromatic carbocycles. The molecular weight excluding hydrogens is 499 g/mol. The number of nitrogen functional groups attached to an aromatic ring is 1. The highest BCUT2D eigenvalue weighted by Crippen LogP contribution is 2.27. The second kappa shape index (κ2) is 10.9. The Labute approximate surface area is 195 Å². The Balaban J connectivity index is 1.72. The molecule has 3 N–H and O–H groups in total. The minimum atomic E-state index is -4.03. The predicted molar refractivity (Wildman–Crippen MR) is 126 cm³/mol. The van der Waals surface area contributed by atoms with E-state index in [-0.39, 0.29) is 23.7 Å². The highest BCUT2D eigenvalue weighted by molar-refractivity contribution is 9.10. The molecule has 0 fully saturated rings. The van der Waals surface area contributed by atoms with Gasteiger partial charge in [-0.2, -0.15) is 8.42 Å². The third-order valence-electron chi connectivity index (χ3n) is 4.59. The van der Waals surface area contributed by atoms with Crippen LogP contribution in [0.4, 0.5) is 15.8 Å². The van der Waals surface area contributed by atoms with Gasteiger partial charge in [0, 0.05) is 17.1 Å². The summed E-state index contributed by atoms with van der Waals surface area (Å²) in [6.07, 6.45) is -0.863. The fourth-order valence-corrected chi connectivity index (χ4v) is 4.43. The van der Waals surface area contributed by atoms with E-state index in [0.717, 1.165) is 11.1 Å². The first-order valence-electron chi connectivity index (χ1n) is 9.84. The maximum absolute atomic E-state index is 13.9. The van der Waals surface area contributed by atoms with Crippen LogP contribution in [-0.2, 0) is 25.6 Å². The number of aryl methyl sites for hydroxylation is 1. The molecule has 0 unspecified atom stereocenters. The molecule has 32 heavy (non-hydrogen) atoms. The van der Waals surface area contributed by atoms with Crippen LogP contribution in [0.1, 0.15) is 11.1 Å². The van der Waals surface area contributed by atoms with E-state index in [1.807, 2.05) is 37.3 Å². The predicted octanol–water partition coefficient (Wildman–Crippen LogP) is 4.88. The van der Waals surface area contributed by atoms with Crippen LogP contribution in [0.5, 0.6) is 0 Å². The zero-order valence-corrected chi connectivity index (χ0v) is 19.8. The number of rotatable bonds is 10. The SMILES string of the molecule is Cc1ccc(S(=O)(=O)O[C@H](CNc2cc(F)c(N)cc2Br)COCc2ccccc2)cc1. The van der Waals surface area contributed by atoms with E-state index >= 15 is 0 Å². The van der Waals surface area contributed by atoms with Gasteiger partial charge in [-0.25, -0.2) is 4.39 Å². The van der Waals surface area contributed by atoms with Gasteiger partial charge >= 0.3 is 0 Å². The molecule has 0 saturated carbocycles. The molecule has 9 heteroatoms. The molecule has 170 valence electrons. The molecule has 1 atom stereocenters. The highest BCUT2D eigenvalue weighted by atomic mass is 79.9. The van der Waals surface area contributed by atoms with E-state index in [1.54, 1.807) is 12.1 Å². The fraction of sp³-hybridized carbons (Fsp3) is 0.217. The summed E-state index contributed by atoms with van der Waals surface area (Å²) in [6.45, 7) is 2.22. The number of nitrogens with two attached hydrogens (primary N) is 1. The summed E-state index contributed by atoms with van der Waals surface area (Å²) in [5.41, 5.74) is 7.87. The summed E-state index contributed by atoms with van der Waals surface area (Å²) in [5.74, 6) is -0.583. The van der Waals surface area contributed by atoms with Gasteiger partial charge in [-0.3, -0.25) is 4.18 Å². The molecule has 6 nitrogen and oxygen atoms in total. The lowest BCUT2D eigenvalue weighted by Crippen LogP contribution is -2.31. The van der Waals surface area contributed by atoms with Gasteiger partial charge in [-0.1, -0.05) is 48.0 Å². The van der Waals surface area contributed by atoms with Crippen molar-refractivity contribution in [1.82, 2.24) is 0 Å². The fourth-order valence-electron chi connectivity index (χ4n) is 2.86. The summed E-state index contributed by atoms with van der Waals surface area (Å²) in [4.78, 5) is 0.0517. The lowest BCUT2D eigenvalue weighted by Gasteiger charge is -2.20. The van der Waals surface area contributed by atoms with Crippen LogP contribution >= 0.6 is 15.9 Å². The Hall–Kier alpha value is -2.46. The molecule has 0 heterocycles. The van der Waals surface area contributed by atoms with Crippen molar-refractivity contribution >= 4 is 37.4 Å². The van der Waals surface area contributed by atoms with E-state index in [2.05, 4.69) is 21.2 Å². The third kappa shape index (κ3) is 6.77. The van der Waals surface area contributed by atoms with Gasteiger partial charge in [-0.15, -0.1) is 0 Å². The molecule has 0 aliphatic rings. The van der Waals surface area contributed by atoms with Crippen LogP contribution in [0.25, 0.3) is 0 Å². The van der Waals surface area contributed by atoms with Crippen LogP contribution < -0.4 is 11.1 Å². The van der Waals surface area contributed by atoms with Crippen LogP contribution in [-0.4, -0.2) is 27.7 Å². The second-order valence-electron chi connectivity index (χ2n) is 7.22. The molecule has 0 bridgehead atoms. The largest absolute Gasteiger partial charge is 0.396 e. The topological polar surface area (TPSA) is 90.7 Å². The Bertz CT molecular complexity index is 1140. The smallest absolute Gasteiger partial charge is 0.297 e. The second-order valence-corrected chi connectivity index (χ2v) is 9.65. The van der Waals surface area contributed by atoms with Crippen molar-refractivity contribution < 1.29 is 21.7 Å². The van der Waals surface area contributed by atoms with E-state index < -0.39 is 22.0 Å². The molecule has 0 amide bonds. The van der Waals surface area contributed by atoms with Crippen LogP contribution in [0.15, 0.2) is 76.1 Å². The van der Waals surface area contributed by atoms with Crippen molar-refractivity contribution in [3.05, 3.63) is 88.1 Å². The maximum Gasteiger partial charge on any atom is 0.297 e. The molecule has 3 rings (SSSR count). The normalized spacial score (nSPS) is 12.5. The summed E-state index contributed by atoms with van der Waals surface area (Å²) in [5, 5.41) is 3.00. The number of halogens is 2. The average molecular weight is 523 g/mol. The van der Waals surface area contributed by atoms with Crippen molar-refractivity contribution in [3.8, 4) is 0 Å². The highest BCUT2D eigenvalue weighted by Gasteiger charge is 2.23.